The minimum absolute atomic E-state index is 0.0541. The fourth-order valence-electron chi connectivity index (χ4n) is 3.11. The molecule has 4 aromatic rings. The maximum Gasteiger partial charge on any atom is 0.276 e. The van der Waals surface area contributed by atoms with Crippen LogP contribution in [0.3, 0.4) is 0 Å². The summed E-state index contributed by atoms with van der Waals surface area (Å²) in [7, 11) is -3.94. The van der Waals surface area contributed by atoms with Crippen molar-refractivity contribution in [1.82, 2.24) is 4.83 Å². The van der Waals surface area contributed by atoms with Gasteiger partial charge in [0, 0.05) is 11.1 Å². The van der Waals surface area contributed by atoms with Crippen molar-refractivity contribution in [3.05, 3.63) is 101 Å². The Labute approximate surface area is 185 Å². The standard InChI is InChI=1S/C24H21N3O4S/c1-16-10-12-20(13-11-16)32(29,30)27-26-24-21(15-18-7-3-4-9-22(18)31-24)23(28)25-19-8-5-6-17(2)14-19/h3-15,27H,1-2H3,(H,25,28)/b26-24+. The largest absolute Gasteiger partial charge is 0.436 e. The third-order valence-electron chi connectivity index (χ3n) is 4.78. The Bertz CT molecular complexity index is 1470. The van der Waals surface area contributed by atoms with Crippen LogP contribution in [0.5, 0.6) is 0 Å². The molecule has 32 heavy (non-hydrogen) atoms. The van der Waals surface area contributed by atoms with Gasteiger partial charge in [0.05, 0.1) is 4.90 Å². The highest BCUT2D eigenvalue weighted by molar-refractivity contribution is 7.89. The molecule has 1 heterocycles. The molecule has 0 radical (unpaired) electrons. The van der Waals surface area contributed by atoms with Crippen molar-refractivity contribution in [2.75, 3.05) is 5.32 Å². The molecule has 2 N–H and O–H groups in total. The van der Waals surface area contributed by atoms with Crippen LogP contribution in [0, 0.1) is 13.8 Å². The number of rotatable bonds is 5. The highest BCUT2D eigenvalue weighted by atomic mass is 32.2. The lowest BCUT2D eigenvalue weighted by Gasteiger charge is -2.08. The Hall–Kier alpha value is -3.91. The second-order valence-electron chi connectivity index (χ2n) is 7.35. The first-order valence-corrected chi connectivity index (χ1v) is 11.3. The fraction of sp³-hybridized carbons (Fsp3) is 0.0833. The number of aryl methyl sites for hydroxylation is 2. The van der Waals surface area contributed by atoms with E-state index in [2.05, 4.69) is 15.2 Å². The van der Waals surface area contributed by atoms with Gasteiger partial charge in [-0.3, -0.25) is 4.79 Å². The van der Waals surface area contributed by atoms with Crippen molar-refractivity contribution >= 4 is 32.6 Å². The summed E-state index contributed by atoms with van der Waals surface area (Å²) < 4.78 is 31.1. The molecule has 162 valence electrons. The smallest absolute Gasteiger partial charge is 0.276 e. The lowest BCUT2D eigenvalue weighted by Crippen LogP contribution is -2.27. The molecule has 8 heteroatoms. The number of benzene rings is 3. The van der Waals surface area contributed by atoms with Crippen molar-refractivity contribution in [1.29, 1.82) is 0 Å². The van der Waals surface area contributed by atoms with Gasteiger partial charge in [0.2, 0.25) is 5.55 Å². The van der Waals surface area contributed by atoms with Crippen LogP contribution in [-0.4, -0.2) is 14.3 Å². The Balaban J connectivity index is 1.75. The summed E-state index contributed by atoms with van der Waals surface area (Å²) in [5.74, 6) is -0.474. The molecule has 0 unspecified atom stereocenters. The van der Waals surface area contributed by atoms with E-state index in [1.807, 2.05) is 38.1 Å². The minimum Gasteiger partial charge on any atom is -0.436 e. The lowest BCUT2D eigenvalue weighted by atomic mass is 10.1. The molecule has 0 bridgehead atoms. The summed E-state index contributed by atoms with van der Waals surface area (Å²) in [5, 5.41) is 7.43. The summed E-state index contributed by atoms with van der Waals surface area (Å²) >= 11 is 0. The molecule has 0 saturated carbocycles. The number of hydrogen-bond acceptors (Lipinski definition) is 5. The Morgan fingerprint density at radius 1 is 0.875 bits per heavy atom. The van der Waals surface area contributed by atoms with Gasteiger partial charge in [-0.2, -0.15) is 13.2 Å². The van der Waals surface area contributed by atoms with Crippen LogP contribution >= 0.6 is 0 Å². The van der Waals surface area contributed by atoms with Crippen LogP contribution in [0.2, 0.25) is 0 Å². The highest BCUT2D eigenvalue weighted by Gasteiger charge is 2.16. The van der Waals surface area contributed by atoms with E-state index in [0.717, 1.165) is 11.1 Å². The van der Waals surface area contributed by atoms with E-state index in [-0.39, 0.29) is 16.0 Å². The molecule has 1 amide bonds. The number of amides is 1. The van der Waals surface area contributed by atoms with E-state index in [0.29, 0.717) is 16.7 Å². The molecule has 3 aromatic carbocycles. The van der Waals surface area contributed by atoms with E-state index in [9.17, 15) is 13.2 Å². The molecule has 0 atom stereocenters. The molecule has 0 saturated heterocycles. The van der Waals surface area contributed by atoms with E-state index in [4.69, 9.17) is 4.42 Å². The van der Waals surface area contributed by atoms with Gasteiger partial charge in [-0.25, -0.2) is 0 Å². The summed E-state index contributed by atoms with van der Waals surface area (Å²) in [6.45, 7) is 3.78. The first-order valence-electron chi connectivity index (χ1n) is 9.85. The average molecular weight is 448 g/mol. The van der Waals surface area contributed by atoms with E-state index >= 15 is 0 Å². The molecule has 0 aliphatic carbocycles. The summed E-state index contributed by atoms with van der Waals surface area (Å²) in [4.78, 5) is 15.2. The first-order chi connectivity index (χ1) is 15.3. The Kier molecular flexibility index (Phi) is 5.79. The number of hydrogen-bond donors (Lipinski definition) is 2. The summed E-state index contributed by atoms with van der Waals surface area (Å²) in [6.07, 6.45) is 0. The molecule has 0 spiro atoms. The van der Waals surface area contributed by atoms with Gasteiger partial charge in [0.15, 0.2) is 0 Å². The number of para-hydroxylation sites is 1. The zero-order valence-corrected chi connectivity index (χ0v) is 18.3. The van der Waals surface area contributed by atoms with Crippen LogP contribution < -0.4 is 15.7 Å². The Morgan fingerprint density at radius 3 is 2.38 bits per heavy atom. The van der Waals surface area contributed by atoms with Gasteiger partial charge in [0.1, 0.15) is 11.1 Å². The Morgan fingerprint density at radius 2 is 1.62 bits per heavy atom. The predicted octanol–water partition coefficient (Wildman–Crippen LogP) is 4.10. The van der Waals surface area contributed by atoms with Crippen LogP contribution in [0.4, 0.5) is 5.69 Å². The maximum absolute atomic E-state index is 13.0. The van der Waals surface area contributed by atoms with E-state index in [1.54, 1.807) is 42.5 Å². The second kappa shape index (κ2) is 8.68. The van der Waals surface area contributed by atoms with Crippen molar-refractivity contribution in [2.45, 2.75) is 18.7 Å². The number of nitrogens with zero attached hydrogens (tertiary/aromatic N) is 1. The molecular formula is C24H21N3O4S. The zero-order chi connectivity index (χ0) is 22.7. The quantitative estimate of drug-likeness (QED) is 0.450. The SMILES string of the molecule is Cc1ccc(S(=O)(=O)N/N=c2/oc3ccccc3cc2C(=O)Nc2cccc(C)c2)cc1. The van der Waals surface area contributed by atoms with E-state index in [1.165, 1.54) is 12.1 Å². The monoisotopic (exact) mass is 447 g/mol. The number of carbonyl (C=O) groups excluding carboxylic acids is 1. The number of carbonyl (C=O) groups is 1. The highest BCUT2D eigenvalue weighted by Crippen LogP contribution is 2.15. The average Bonchev–Trinajstić information content (AvgIpc) is 2.77. The van der Waals surface area contributed by atoms with Gasteiger partial charge in [-0.15, -0.1) is 5.10 Å². The molecule has 1 aromatic heterocycles. The van der Waals surface area contributed by atoms with Gasteiger partial charge in [-0.1, -0.05) is 48.0 Å². The van der Waals surface area contributed by atoms with Crippen molar-refractivity contribution < 1.29 is 17.6 Å². The number of nitrogens with one attached hydrogen (secondary N) is 2. The van der Waals surface area contributed by atoms with Gasteiger partial charge >= 0.3 is 0 Å². The fourth-order valence-corrected chi connectivity index (χ4v) is 3.91. The van der Waals surface area contributed by atoms with Crippen molar-refractivity contribution in [3.63, 3.8) is 0 Å². The zero-order valence-electron chi connectivity index (χ0n) is 17.5. The molecule has 0 fully saturated rings. The molecule has 4 rings (SSSR count). The molecular weight excluding hydrogens is 426 g/mol. The first kappa shape index (κ1) is 21.3. The van der Waals surface area contributed by atoms with Gasteiger partial charge in [0.25, 0.3) is 15.9 Å². The second-order valence-corrected chi connectivity index (χ2v) is 9.01. The summed E-state index contributed by atoms with van der Waals surface area (Å²) in [6, 6.07) is 22.4. The normalized spacial score (nSPS) is 12.0. The minimum atomic E-state index is -3.94. The third-order valence-corrected chi connectivity index (χ3v) is 6.00. The third kappa shape index (κ3) is 4.70. The number of sulfonamides is 1. The van der Waals surface area contributed by atoms with E-state index < -0.39 is 15.9 Å². The number of fused-ring (bicyclic) bond motifs is 1. The maximum atomic E-state index is 13.0. The van der Waals surface area contributed by atoms with Crippen LogP contribution in [0.15, 0.2) is 93.3 Å². The van der Waals surface area contributed by atoms with Gasteiger partial charge < -0.3 is 9.73 Å². The molecule has 0 aliphatic heterocycles. The van der Waals surface area contributed by atoms with Crippen LogP contribution in [-0.2, 0) is 10.0 Å². The van der Waals surface area contributed by atoms with Crippen LogP contribution in [0.25, 0.3) is 11.0 Å². The topological polar surface area (TPSA) is 101 Å². The molecule has 0 aliphatic rings. The number of anilines is 1. The van der Waals surface area contributed by atoms with Crippen molar-refractivity contribution in [3.8, 4) is 0 Å². The van der Waals surface area contributed by atoms with Crippen LogP contribution in [0.1, 0.15) is 21.5 Å². The van der Waals surface area contributed by atoms with Gasteiger partial charge in [-0.05, 0) is 55.8 Å². The predicted molar refractivity (Wildman–Crippen MR) is 122 cm³/mol. The molecule has 7 nitrogen and oxygen atoms in total. The lowest BCUT2D eigenvalue weighted by molar-refractivity contribution is 0.102. The summed E-state index contributed by atoms with van der Waals surface area (Å²) in [5.41, 5.74) is 2.94. The van der Waals surface area contributed by atoms with Crippen molar-refractivity contribution in [2.24, 2.45) is 5.10 Å².